The van der Waals surface area contributed by atoms with Crippen LogP contribution >= 0.6 is 38.9 Å². The van der Waals surface area contributed by atoms with Crippen LogP contribution in [0.2, 0.25) is 5.02 Å². The van der Waals surface area contributed by atoms with Gasteiger partial charge in [-0.3, -0.25) is 4.79 Å². The zero-order valence-corrected chi connectivity index (χ0v) is 12.8. The Morgan fingerprint density at radius 1 is 1.44 bits per heavy atom. The summed E-state index contributed by atoms with van der Waals surface area (Å²) in [6.07, 6.45) is 0. The number of carbonyl (C=O) groups excluding carboxylic acids is 1. The van der Waals surface area contributed by atoms with Crippen molar-refractivity contribution in [2.45, 2.75) is 6.54 Å². The Morgan fingerprint density at radius 2 is 2.22 bits per heavy atom. The third-order valence-electron chi connectivity index (χ3n) is 2.48. The van der Waals surface area contributed by atoms with Gasteiger partial charge in [-0.1, -0.05) is 17.7 Å². The van der Waals surface area contributed by atoms with E-state index in [4.69, 9.17) is 11.6 Å². The maximum atomic E-state index is 12.3. The highest BCUT2D eigenvalue weighted by Crippen LogP contribution is 2.23. The van der Waals surface area contributed by atoms with Crippen molar-refractivity contribution in [3.63, 3.8) is 0 Å². The number of benzene rings is 1. The van der Waals surface area contributed by atoms with Gasteiger partial charge in [-0.05, 0) is 45.6 Å². The van der Waals surface area contributed by atoms with Gasteiger partial charge in [-0.25, -0.2) is 0 Å². The van der Waals surface area contributed by atoms with E-state index in [1.165, 1.54) is 0 Å². The maximum absolute atomic E-state index is 12.3. The molecule has 0 aliphatic rings. The minimum absolute atomic E-state index is 0.0437. The Bertz CT molecular complexity index is 556. The van der Waals surface area contributed by atoms with Gasteiger partial charge in [-0.15, -0.1) is 11.3 Å². The Kier molecular flexibility index (Phi) is 4.43. The van der Waals surface area contributed by atoms with Crippen LogP contribution < -0.4 is 0 Å². The molecular formula is C13H11BrClNOS. The molecule has 1 aromatic carbocycles. The van der Waals surface area contributed by atoms with Gasteiger partial charge in [0.25, 0.3) is 5.91 Å². The molecular weight excluding hydrogens is 334 g/mol. The number of halogens is 2. The summed E-state index contributed by atoms with van der Waals surface area (Å²) in [4.78, 5) is 15.1. The highest BCUT2D eigenvalue weighted by Gasteiger charge is 2.15. The van der Waals surface area contributed by atoms with Crippen molar-refractivity contribution < 1.29 is 4.79 Å². The monoisotopic (exact) mass is 343 g/mol. The quantitative estimate of drug-likeness (QED) is 0.806. The van der Waals surface area contributed by atoms with Gasteiger partial charge in [0.15, 0.2) is 0 Å². The first kappa shape index (κ1) is 13.6. The largest absolute Gasteiger partial charge is 0.337 e. The summed E-state index contributed by atoms with van der Waals surface area (Å²) in [6, 6.07) is 9.21. The van der Waals surface area contributed by atoms with Crippen LogP contribution in [0.4, 0.5) is 0 Å². The topological polar surface area (TPSA) is 20.3 Å². The minimum Gasteiger partial charge on any atom is -0.337 e. The van der Waals surface area contributed by atoms with E-state index in [1.54, 1.807) is 41.5 Å². The second-order valence-corrected chi connectivity index (χ2v) is 6.19. The lowest BCUT2D eigenvalue weighted by Gasteiger charge is -2.17. The molecule has 0 aliphatic heterocycles. The van der Waals surface area contributed by atoms with Gasteiger partial charge in [-0.2, -0.15) is 0 Å². The van der Waals surface area contributed by atoms with Crippen molar-refractivity contribution in [3.05, 3.63) is 55.6 Å². The van der Waals surface area contributed by atoms with Crippen molar-refractivity contribution >= 4 is 44.8 Å². The second kappa shape index (κ2) is 5.87. The number of hydrogen-bond acceptors (Lipinski definition) is 2. The van der Waals surface area contributed by atoms with Gasteiger partial charge in [0.1, 0.15) is 0 Å². The normalized spacial score (nSPS) is 10.4. The predicted molar refractivity (Wildman–Crippen MR) is 79.3 cm³/mol. The van der Waals surface area contributed by atoms with Gasteiger partial charge >= 0.3 is 0 Å². The van der Waals surface area contributed by atoms with Crippen LogP contribution in [-0.4, -0.2) is 17.9 Å². The van der Waals surface area contributed by atoms with Crippen molar-refractivity contribution in [2.75, 3.05) is 7.05 Å². The number of nitrogens with zero attached hydrogens (tertiary/aromatic N) is 1. The maximum Gasteiger partial charge on any atom is 0.255 e. The third kappa shape index (κ3) is 3.13. The second-order valence-electron chi connectivity index (χ2n) is 3.86. The Hall–Kier alpha value is -0.840. The molecule has 0 fully saturated rings. The van der Waals surface area contributed by atoms with Gasteiger partial charge < -0.3 is 4.90 Å². The fraction of sp³-hybridized carbons (Fsp3) is 0.154. The van der Waals surface area contributed by atoms with E-state index in [1.807, 2.05) is 17.5 Å². The third-order valence-corrected chi connectivity index (χ3v) is 4.27. The summed E-state index contributed by atoms with van der Waals surface area (Å²) in [7, 11) is 1.79. The zero-order valence-electron chi connectivity index (χ0n) is 9.69. The Labute approximate surface area is 123 Å². The molecule has 1 amide bonds. The summed E-state index contributed by atoms with van der Waals surface area (Å²) < 4.78 is 0.759. The molecule has 0 saturated carbocycles. The van der Waals surface area contributed by atoms with Crippen molar-refractivity contribution in [2.24, 2.45) is 0 Å². The van der Waals surface area contributed by atoms with Crippen LogP contribution in [0.15, 0.2) is 40.2 Å². The SMILES string of the molecule is CN(Cc1cccs1)C(=O)c1cc(Cl)ccc1Br. The molecule has 0 aliphatic carbocycles. The van der Waals surface area contributed by atoms with Crippen LogP contribution in [0.25, 0.3) is 0 Å². The van der Waals surface area contributed by atoms with Crippen LogP contribution in [-0.2, 0) is 6.54 Å². The first-order valence-electron chi connectivity index (χ1n) is 5.31. The minimum atomic E-state index is -0.0437. The molecule has 0 N–H and O–H groups in total. The molecule has 94 valence electrons. The summed E-state index contributed by atoms with van der Waals surface area (Å²) in [5.41, 5.74) is 0.585. The lowest BCUT2D eigenvalue weighted by Crippen LogP contribution is -2.26. The number of amides is 1. The number of hydrogen-bond donors (Lipinski definition) is 0. The highest BCUT2D eigenvalue weighted by molar-refractivity contribution is 9.10. The summed E-state index contributed by atoms with van der Waals surface area (Å²) in [5, 5.41) is 2.56. The van der Waals surface area contributed by atoms with Crippen LogP contribution in [0, 0.1) is 0 Å². The first-order chi connectivity index (χ1) is 8.58. The van der Waals surface area contributed by atoms with Gasteiger partial charge in [0.2, 0.25) is 0 Å². The molecule has 2 aromatic rings. The van der Waals surface area contributed by atoms with Gasteiger partial charge in [0.05, 0.1) is 12.1 Å². The van der Waals surface area contributed by atoms with E-state index in [-0.39, 0.29) is 5.91 Å². The molecule has 0 spiro atoms. The van der Waals surface area contributed by atoms with Crippen molar-refractivity contribution in [1.82, 2.24) is 4.90 Å². The first-order valence-corrected chi connectivity index (χ1v) is 7.36. The van der Waals surface area contributed by atoms with E-state index < -0.39 is 0 Å². The standard InChI is InChI=1S/C13H11BrClNOS/c1-16(8-10-3-2-6-18-10)13(17)11-7-9(15)4-5-12(11)14/h2-7H,8H2,1H3. The molecule has 0 radical (unpaired) electrons. The predicted octanol–water partition coefficient (Wildman–Crippen LogP) is 4.44. The molecule has 2 nitrogen and oxygen atoms in total. The highest BCUT2D eigenvalue weighted by atomic mass is 79.9. The van der Waals surface area contributed by atoms with E-state index in [0.717, 1.165) is 9.35 Å². The van der Waals surface area contributed by atoms with Crippen molar-refractivity contribution in [1.29, 1.82) is 0 Å². The van der Waals surface area contributed by atoms with E-state index in [2.05, 4.69) is 15.9 Å². The molecule has 0 unspecified atom stereocenters. The molecule has 2 rings (SSSR count). The number of thiophene rings is 1. The molecule has 1 heterocycles. The molecule has 18 heavy (non-hydrogen) atoms. The fourth-order valence-corrected chi connectivity index (χ4v) is 2.92. The number of carbonyl (C=O) groups is 1. The van der Waals surface area contributed by atoms with Gasteiger partial charge in [0, 0.05) is 21.4 Å². The summed E-state index contributed by atoms with van der Waals surface area (Å²) >= 11 is 10.9. The average molecular weight is 345 g/mol. The lowest BCUT2D eigenvalue weighted by molar-refractivity contribution is 0.0785. The van der Waals surface area contributed by atoms with Crippen LogP contribution in [0.1, 0.15) is 15.2 Å². The summed E-state index contributed by atoms with van der Waals surface area (Å²) in [6.45, 7) is 0.607. The smallest absolute Gasteiger partial charge is 0.255 e. The average Bonchev–Trinajstić information content (AvgIpc) is 2.84. The molecule has 1 aromatic heterocycles. The molecule has 0 atom stereocenters. The van der Waals surface area contributed by atoms with Crippen LogP contribution in [0.3, 0.4) is 0 Å². The zero-order chi connectivity index (χ0) is 13.1. The lowest BCUT2D eigenvalue weighted by atomic mass is 10.2. The summed E-state index contributed by atoms with van der Waals surface area (Å²) in [5.74, 6) is -0.0437. The Balaban J connectivity index is 2.17. The number of rotatable bonds is 3. The van der Waals surface area contributed by atoms with Crippen LogP contribution in [0.5, 0.6) is 0 Å². The van der Waals surface area contributed by atoms with Crippen molar-refractivity contribution in [3.8, 4) is 0 Å². The van der Waals surface area contributed by atoms with E-state index in [0.29, 0.717) is 17.1 Å². The molecule has 5 heteroatoms. The van der Waals surface area contributed by atoms with E-state index >= 15 is 0 Å². The fourth-order valence-electron chi connectivity index (χ4n) is 1.58. The Morgan fingerprint density at radius 3 is 2.89 bits per heavy atom. The van der Waals surface area contributed by atoms with E-state index in [9.17, 15) is 4.79 Å². The molecule has 0 bridgehead atoms. The molecule has 0 saturated heterocycles.